The molecular formula is C73H139NO5. The van der Waals surface area contributed by atoms with E-state index in [1.54, 1.807) is 6.08 Å². The van der Waals surface area contributed by atoms with Crippen LogP contribution in [-0.2, 0) is 14.3 Å². The van der Waals surface area contributed by atoms with Crippen molar-refractivity contribution in [2.24, 2.45) is 0 Å². The van der Waals surface area contributed by atoms with Crippen LogP contribution in [-0.4, -0.2) is 47.4 Å². The molecule has 0 aromatic carbocycles. The number of carbonyl (C=O) groups is 2. The Morgan fingerprint density at radius 1 is 0.354 bits per heavy atom. The molecule has 2 atom stereocenters. The lowest BCUT2D eigenvalue weighted by atomic mass is 10.0. The van der Waals surface area contributed by atoms with Gasteiger partial charge in [0.2, 0.25) is 5.91 Å². The van der Waals surface area contributed by atoms with Gasteiger partial charge in [0.25, 0.3) is 0 Å². The van der Waals surface area contributed by atoms with Crippen LogP contribution in [0.25, 0.3) is 0 Å². The molecule has 1 amide bonds. The molecule has 6 nitrogen and oxygen atoms in total. The highest BCUT2D eigenvalue weighted by atomic mass is 16.5. The molecule has 0 aliphatic heterocycles. The van der Waals surface area contributed by atoms with E-state index in [-0.39, 0.29) is 18.5 Å². The molecule has 0 saturated carbocycles. The van der Waals surface area contributed by atoms with Crippen molar-refractivity contribution in [3.05, 3.63) is 36.5 Å². The zero-order chi connectivity index (χ0) is 57.1. The van der Waals surface area contributed by atoms with Gasteiger partial charge < -0.3 is 20.3 Å². The van der Waals surface area contributed by atoms with Crippen LogP contribution in [0.2, 0.25) is 0 Å². The summed E-state index contributed by atoms with van der Waals surface area (Å²) >= 11 is 0. The largest absolute Gasteiger partial charge is 0.466 e. The normalized spacial score (nSPS) is 12.7. The predicted molar refractivity (Wildman–Crippen MR) is 347 cm³/mol. The summed E-state index contributed by atoms with van der Waals surface area (Å²) < 4.78 is 5.49. The first-order chi connectivity index (χ1) is 39.0. The summed E-state index contributed by atoms with van der Waals surface area (Å²) in [5, 5.41) is 23.1. The minimum atomic E-state index is -0.840. The lowest BCUT2D eigenvalue weighted by molar-refractivity contribution is -0.143. The second kappa shape index (κ2) is 68.6. The van der Waals surface area contributed by atoms with Gasteiger partial charge in [0.05, 0.1) is 25.4 Å². The van der Waals surface area contributed by atoms with Crippen molar-refractivity contribution < 1.29 is 24.5 Å². The number of aliphatic hydroxyl groups is 2. The fraction of sp³-hybridized carbons (Fsp3) is 0.890. The summed E-state index contributed by atoms with van der Waals surface area (Å²) in [6, 6.07) is -0.623. The molecule has 0 fully saturated rings. The number of rotatable bonds is 67. The Kier molecular flexibility index (Phi) is 66.9. The van der Waals surface area contributed by atoms with Crippen LogP contribution in [0.5, 0.6) is 0 Å². The van der Waals surface area contributed by atoms with E-state index in [0.717, 1.165) is 51.4 Å². The molecule has 0 bridgehead atoms. The number of esters is 1. The zero-order valence-electron chi connectivity index (χ0n) is 53.4. The van der Waals surface area contributed by atoms with E-state index < -0.39 is 12.1 Å². The van der Waals surface area contributed by atoms with Crippen molar-refractivity contribution >= 4 is 11.9 Å². The fourth-order valence-electron chi connectivity index (χ4n) is 11.2. The zero-order valence-corrected chi connectivity index (χ0v) is 53.4. The Balaban J connectivity index is 3.31. The number of hydrogen-bond acceptors (Lipinski definition) is 5. The number of unbranched alkanes of at least 4 members (excludes halogenated alkanes) is 52. The first-order valence-corrected chi connectivity index (χ1v) is 35.8. The number of carbonyl (C=O) groups excluding carboxylic acids is 2. The summed E-state index contributed by atoms with van der Waals surface area (Å²) in [5.41, 5.74) is 0. The van der Waals surface area contributed by atoms with Gasteiger partial charge in [-0.25, -0.2) is 0 Å². The second-order valence-corrected chi connectivity index (χ2v) is 24.6. The number of hydrogen-bond donors (Lipinski definition) is 3. The molecule has 0 heterocycles. The molecule has 0 aromatic heterocycles. The molecule has 0 aromatic rings. The van der Waals surface area contributed by atoms with Gasteiger partial charge >= 0.3 is 5.97 Å². The van der Waals surface area contributed by atoms with Gasteiger partial charge in [-0.2, -0.15) is 0 Å². The number of ether oxygens (including phenoxy) is 1. The SMILES string of the molecule is CCCC/C=C\C/C=C\CCCCCCCC(=O)OCCCCCCCCCCCCCCCCCCCCCCCCCCCCCCCCCCCCCC(=O)NC(CO)C(O)/C=C/CCCCCCCCCCCCC. The molecule has 79 heavy (non-hydrogen) atoms. The molecule has 6 heteroatoms. The number of amides is 1. The van der Waals surface area contributed by atoms with Gasteiger partial charge in [0.1, 0.15) is 0 Å². The maximum atomic E-state index is 12.5. The lowest BCUT2D eigenvalue weighted by Crippen LogP contribution is -2.45. The Morgan fingerprint density at radius 2 is 0.646 bits per heavy atom. The maximum Gasteiger partial charge on any atom is 0.305 e. The van der Waals surface area contributed by atoms with Crippen LogP contribution in [0.4, 0.5) is 0 Å². The molecule has 0 saturated heterocycles. The highest BCUT2D eigenvalue weighted by molar-refractivity contribution is 5.76. The summed E-state index contributed by atoms with van der Waals surface area (Å²) in [6.07, 6.45) is 88.2. The van der Waals surface area contributed by atoms with Gasteiger partial charge in [0, 0.05) is 12.8 Å². The molecule has 0 rings (SSSR count). The van der Waals surface area contributed by atoms with E-state index in [4.69, 9.17) is 4.74 Å². The van der Waals surface area contributed by atoms with Gasteiger partial charge in [-0.3, -0.25) is 9.59 Å². The van der Waals surface area contributed by atoms with E-state index in [1.807, 2.05) is 6.08 Å². The van der Waals surface area contributed by atoms with E-state index in [1.165, 1.54) is 315 Å². The highest BCUT2D eigenvalue weighted by Gasteiger charge is 2.18. The van der Waals surface area contributed by atoms with Crippen molar-refractivity contribution in [3.63, 3.8) is 0 Å². The van der Waals surface area contributed by atoms with Crippen LogP contribution in [0.15, 0.2) is 36.5 Å². The second-order valence-electron chi connectivity index (χ2n) is 24.6. The molecule has 466 valence electrons. The monoisotopic (exact) mass is 1110 g/mol. The average Bonchev–Trinajstić information content (AvgIpc) is 3.45. The third-order valence-electron chi connectivity index (χ3n) is 16.7. The van der Waals surface area contributed by atoms with Gasteiger partial charge in [0.15, 0.2) is 0 Å². The van der Waals surface area contributed by atoms with Crippen molar-refractivity contribution in [2.45, 2.75) is 405 Å². The molecule has 3 N–H and O–H groups in total. The molecular weight excluding hydrogens is 971 g/mol. The van der Waals surface area contributed by atoms with E-state index in [0.29, 0.717) is 19.4 Å². The average molecular weight is 1110 g/mol. The van der Waals surface area contributed by atoms with Crippen LogP contribution >= 0.6 is 0 Å². The highest BCUT2D eigenvalue weighted by Crippen LogP contribution is 2.19. The quantitative estimate of drug-likeness (QED) is 0.0320. The topological polar surface area (TPSA) is 95.9 Å². The van der Waals surface area contributed by atoms with Gasteiger partial charge in [-0.05, 0) is 57.8 Å². The molecule has 2 unspecified atom stereocenters. The van der Waals surface area contributed by atoms with Crippen molar-refractivity contribution in [1.82, 2.24) is 5.32 Å². The minimum absolute atomic E-state index is 0.00788. The Labute approximate surface area is 494 Å². The van der Waals surface area contributed by atoms with Crippen LogP contribution < -0.4 is 5.32 Å². The van der Waals surface area contributed by atoms with E-state index >= 15 is 0 Å². The van der Waals surface area contributed by atoms with Crippen LogP contribution in [0.1, 0.15) is 393 Å². The maximum absolute atomic E-state index is 12.5. The predicted octanol–water partition coefficient (Wildman–Crippen LogP) is 23.1. The lowest BCUT2D eigenvalue weighted by Gasteiger charge is -2.20. The third kappa shape index (κ3) is 65.1. The Hall–Kier alpha value is -1.92. The summed E-state index contributed by atoms with van der Waals surface area (Å²) in [4.78, 5) is 24.5. The van der Waals surface area contributed by atoms with Crippen molar-refractivity contribution in [3.8, 4) is 0 Å². The molecule has 0 aliphatic carbocycles. The smallest absolute Gasteiger partial charge is 0.305 e. The third-order valence-corrected chi connectivity index (χ3v) is 16.7. The van der Waals surface area contributed by atoms with Crippen LogP contribution in [0, 0.1) is 0 Å². The fourth-order valence-corrected chi connectivity index (χ4v) is 11.2. The van der Waals surface area contributed by atoms with Crippen LogP contribution in [0.3, 0.4) is 0 Å². The summed E-state index contributed by atoms with van der Waals surface area (Å²) in [6.45, 7) is 4.88. The van der Waals surface area contributed by atoms with E-state index in [9.17, 15) is 19.8 Å². The standard InChI is InChI=1S/C73H139NO5/c1-3-5-7-9-11-13-15-17-43-47-51-55-59-63-67-73(78)79-68-64-60-56-52-48-44-40-38-36-34-32-30-28-26-24-22-20-18-19-21-23-25-27-29-31-33-35-37-39-42-46-50-54-58-62-66-72(77)74-70(69-75)71(76)65-61-57-53-49-45-41-16-14-12-10-8-6-4-2/h9,11,15,17,61,65,70-71,75-76H,3-8,10,12-14,16,18-60,62-64,66-69H2,1-2H3,(H,74,77)/b11-9-,17-15-,65-61+. The summed E-state index contributed by atoms with van der Waals surface area (Å²) in [5.74, 6) is -0.0534. The van der Waals surface area contributed by atoms with Crippen molar-refractivity contribution in [2.75, 3.05) is 13.2 Å². The first kappa shape index (κ1) is 77.1. The number of allylic oxidation sites excluding steroid dienone is 5. The number of nitrogens with one attached hydrogen (secondary N) is 1. The van der Waals surface area contributed by atoms with Gasteiger partial charge in [-0.1, -0.05) is 359 Å². The Bertz CT molecular complexity index is 1280. The Morgan fingerprint density at radius 3 is 1.00 bits per heavy atom. The van der Waals surface area contributed by atoms with E-state index in [2.05, 4.69) is 43.5 Å². The molecule has 0 aliphatic rings. The molecule has 0 spiro atoms. The minimum Gasteiger partial charge on any atom is -0.466 e. The first-order valence-electron chi connectivity index (χ1n) is 35.8. The van der Waals surface area contributed by atoms with Crippen molar-refractivity contribution in [1.29, 1.82) is 0 Å². The van der Waals surface area contributed by atoms with Gasteiger partial charge in [-0.15, -0.1) is 0 Å². The molecule has 0 radical (unpaired) electrons. The number of aliphatic hydroxyl groups excluding tert-OH is 2. The summed E-state index contributed by atoms with van der Waals surface area (Å²) in [7, 11) is 0.